The molecule has 1 amide bonds. The summed E-state index contributed by atoms with van der Waals surface area (Å²) in [7, 11) is 3.07. The summed E-state index contributed by atoms with van der Waals surface area (Å²) in [6.45, 7) is -0.141. The molecule has 0 aliphatic rings. The Labute approximate surface area is 128 Å². The molecule has 1 aromatic carbocycles. The van der Waals surface area contributed by atoms with Crippen molar-refractivity contribution in [2.75, 3.05) is 32.8 Å². The minimum absolute atomic E-state index is 0.194. The molecule has 1 aromatic rings. The lowest BCUT2D eigenvalue weighted by Gasteiger charge is -2.21. The zero-order valence-electron chi connectivity index (χ0n) is 12.3. The summed E-state index contributed by atoms with van der Waals surface area (Å²) in [5, 5.41) is 8.93. The Morgan fingerprint density at radius 3 is 2.19 bits per heavy atom. The van der Waals surface area contributed by atoms with Gasteiger partial charge in [-0.25, -0.2) is 0 Å². The van der Waals surface area contributed by atoms with Gasteiger partial charge in [-0.3, -0.25) is 9.59 Å². The number of thioether (sulfide) groups is 1. The van der Waals surface area contributed by atoms with Crippen molar-refractivity contribution in [2.24, 2.45) is 0 Å². The van der Waals surface area contributed by atoms with E-state index in [1.54, 1.807) is 24.5 Å². The van der Waals surface area contributed by atoms with Gasteiger partial charge in [0.25, 0.3) is 0 Å². The number of carboxylic acids is 1. The highest BCUT2D eigenvalue weighted by Crippen LogP contribution is 2.23. The van der Waals surface area contributed by atoms with Crippen molar-refractivity contribution < 1.29 is 24.2 Å². The number of benzene rings is 1. The van der Waals surface area contributed by atoms with E-state index in [1.807, 2.05) is 0 Å². The molecular formula is C14H19NO5S. The molecule has 0 aliphatic heterocycles. The first-order valence-corrected chi connectivity index (χ1v) is 7.60. The van der Waals surface area contributed by atoms with Crippen LogP contribution in [0.5, 0.6) is 11.5 Å². The molecule has 0 saturated heterocycles. The van der Waals surface area contributed by atoms with E-state index in [0.717, 1.165) is 5.56 Å². The summed E-state index contributed by atoms with van der Waals surface area (Å²) in [6, 6.07) is 5.22. The maximum Gasteiger partial charge on any atom is 0.323 e. The molecule has 116 valence electrons. The highest BCUT2D eigenvalue weighted by Gasteiger charge is 2.17. The van der Waals surface area contributed by atoms with Crippen LogP contribution in [0.4, 0.5) is 0 Å². The molecule has 0 heterocycles. The SMILES string of the molecule is COc1cc(CN(CC(=O)O)C(=O)CSC)cc(OC)c1. The van der Waals surface area contributed by atoms with E-state index < -0.39 is 5.97 Å². The van der Waals surface area contributed by atoms with Crippen LogP contribution in [0.15, 0.2) is 18.2 Å². The summed E-state index contributed by atoms with van der Waals surface area (Å²) in [5.74, 6) is 0.175. The Balaban J connectivity index is 2.96. The van der Waals surface area contributed by atoms with Crippen LogP contribution in [0.3, 0.4) is 0 Å². The second kappa shape index (κ2) is 8.41. The molecular weight excluding hydrogens is 294 g/mol. The molecule has 6 nitrogen and oxygen atoms in total. The van der Waals surface area contributed by atoms with E-state index in [0.29, 0.717) is 11.5 Å². The van der Waals surface area contributed by atoms with Crippen molar-refractivity contribution in [3.63, 3.8) is 0 Å². The maximum atomic E-state index is 12.0. The van der Waals surface area contributed by atoms with Gasteiger partial charge in [-0.05, 0) is 24.0 Å². The molecule has 1 N–H and O–H groups in total. The number of hydrogen-bond donors (Lipinski definition) is 1. The highest BCUT2D eigenvalue weighted by molar-refractivity contribution is 7.99. The van der Waals surface area contributed by atoms with Gasteiger partial charge in [0, 0.05) is 12.6 Å². The predicted octanol–water partition coefficient (Wildman–Crippen LogP) is 1.48. The van der Waals surface area contributed by atoms with E-state index in [1.165, 1.54) is 30.9 Å². The monoisotopic (exact) mass is 313 g/mol. The number of ether oxygens (including phenoxy) is 2. The molecule has 0 radical (unpaired) electrons. The predicted molar refractivity (Wildman–Crippen MR) is 81.0 cm³/mol. The minimum Gasteiger partial charge on any atom is -0.497 e. The second-order valence-electron chi connectivity index (χ2n) is 4.30. The molecule has 0 fully saturated rings. The summed E-state index contributed by atoms with van der Waals surface area (Å²) in [6.07, 6.45) is 1.80. The number of rotatable bonds is 8. The summed E-state index contributed by atoms with van der Waals surface area (Å²) >= 11 is 1.36. The molecule has 21 heavy (non-hydrogen) atoms. The fraction of sp³-hybridized carbons (Fsp3) is 0.429. The molecule has 0 atom stereocenters. The Hall–Kier alpha value is -1.89. The van der Waals surface area contributed by atoms with Crippen LogP contribution in [-0.2, 0) is 16.1 Å². The Morgan fingerprint density at radius 1 is 1.19 bits per heavy atom. The number of nitrogens with zero attached hydrogens (tertiary/aromatic N) is 1. The quantitative estimate of drug-likeness (QED) is 0.783. The van der Waals surface area contributed by atoms with Crippen LogP contribution in [0.1, 0.15) is 5.56 Å². The van der Waals surface area contributed by atoms with Crippen molar-refractivity contribution >= 4 is 23.6 Å². The fourth-order valence-corrected chi connectivity index (χ4v) is 2.22. The van der Waals surface area contributed by atoms with Gasteiger partial charge in [0.2, 0.25) is 5.91 Å². The van der Waals surface area contributed by atoms with E-state index in [4.69, 9.17) is 14.6 Å². The number of hydrogen-bond acceptors (Lipinski definition) is 5. The zero-order chi connectivity index (χ0) is 15.8. The fourth-order valence-electron chi connectivity index (χ4n) is 1.79. The normalized spacial score (nSPS) is 10.0. The first kappa shape index (κ1) is 17.2. The number of carboxylic acid groups (broad SMARTS) is 1. The molecule has 7 heteroatoms. The van der Waals surface area contributed by atoms with Crippen molar-refractivity contribution in [1.82, 2.24) is 4.90 Å². The van der Waals surface area contributed by atoms with Gasteiger partial charge in [0.05, 0.1) is 20.0 Å². The van der Waals surface area contributed by atoms with Crippen LogP contribution in [0.25, 0.3) is 0 Å². The van der Waals surface area contributed by atoms with E-state index in [2.05, 4.69) is 0 Å². The van der Waals surface area contributed by atoms with Gasteiger partial charge in [-0.1, -0.05) is 0 Å². The Kier molecular flexibility index (Phi) is 6.87. The first-order chi connectivity index (χ1) is 9.99. The number of carbonyl (C=O) groups is 2. The minimum atomic E-state index is -1.04. The molecule has 0 aliphatic carbocycles. The largest absolute Gasteiger partial charge is 0.497 e. The topological polar surface area (TPSA) is 76.1 Å². The average molecular weight is 313 g/mol. The van der Waals surface area contributed by atoms with Gasteiger partial charge in [0.15, 0.2) is 0 Å². The first-order valence-electron chi connectivity index (χ1n) is 6.20. The lowest BCUT2D eigenvalue weighted by atomic mass is 10.2. The molecule has 0 aromatic heterocycles. The average Bonchev–Trinajstić information content (AvgIpc) is 2.45. The van der Waals surface area contributed by atoms with Gasteiger partial charge < -0.3 is 19.5 Å². The highest BCUT2D eigenvalue weighted by atomic mass is 32.2. The lowest BCUT2D eigenvalue weighted by molar-refractivity contribution is -0.143. The van der Waals surface area contributed by atoms with Gasteiger partial charge in [-0.15, -0.1) is 0 Å². The van der Waals surface area contributed by atoms with Crippen molar-refractivity contribution in [1.29, 1.82) is 0 Å². The third kappa shape index (κ3) is 5.55. The number of aliphatic carboxylic acids is 1. The van der Waals surface area contributed by atoms with Gasteiger partial charge in [-0.2, -0.15) is 11.8 Å². The van der Waals surface area contributed by atoms with Crippen molar-refractivity contribution in [3.8, 4) is 11.5 Å². The number of methoxy groups -OCH3 is 2. The van der Waals surface area contributed by atoms with Crippen molar-refractivity contribution in [3.05, 3.63) is 23.8 Å². The van der Waals surface area contributed by atoms with E-state index >= 15 is 0 Å². The van der Waals surface area contributed by atoms with E-state index in [9.17, 15) is 9.59 Å². The van der Waals surface area contributed by atoms with Crippen LogP contribution in [0, 0.1) is 0 Å². The van der Waals surface area contributed by atoms with Crippen LogP contribution >= 0.6 is 11.8 Å². The summed E-state index contributed by atoms with van der Waals surface area (Å²) in [5.41, 5.74) is 0.752. The van der Waals surface area contributed by atoms with Gasteiger partial charge >= 0.3 is 5.97 Å². The lowest BCUT2D eigenvalue weighted by Crippen LogP contribution is -2.36. The van der Waals surface area contributed by atoms with Crippen molar-refractivity contribution in [2.45, 2.75) is 6.54 Å². The molecule has 1 rings (SSSR count). The molecule has 0 unspecified atom stereocenters. The maximum absolute atomic E-state index is 12.0. The molecule has 0 spiro atoms. The van der Waals surface area contributed by atoms with Gasteiger partial charge in [0.1, 0.15) is 18.0 Å². The Bertz CT molecular complexity index is 484. The van der Waals surface area contributed by atoms with Crippen LogP contribution in [-0.4, -0.2) is 54.7 Å². The zero-order valence-corrected chi connectivity index (χ0v) is 13.1. The number of carbonyl (C=O) groups excluding carboxylic acids is 1. The summed E-state index contributed by atoms with van der Waals surface area (Å²) in [4.78, 5) is 24.2. The molecule has 0 saturated carbocycles. The number of amides is 1. The molecule has 0 bridgehead atoms. The van der Waals surface area contributed by atoms with E-state index in [-0.39, 0.29) is 24.7 Å². The van der Waals surface area contributed by atoms with Crippen LogP contribution in [0.2, 0.25) is 0 Å². The smallest absolute Gasteiger partial charge is 0.323 e. The third-order valence-corrected chi connectivity index (χ3v) is 3.27. The summed E-state index contributed by atoms with van der Waals surface area (Å²) < 4.78 is 10.3. The standard InChI is InChI=1S/C14H19NO5S/c1-19-11-4-10(5-12(6-11)20-2)7-15(8-14(17)18)13(16)9-21-3/h4-6H,7-9H2,1-3H3,(H,17,18). The third-order valence-electron chi connectivity index (χ3n) is 2.73. The Morgan fingerprint density at radius 2 is 1.76 bits per heavy atom. The van der Waals surface area contributed by atoms with Crippen LogP contribution < -0.4 is 9.47 Å². The second-order valence-corrected chi connectivity index (χ2v) is 5.16.